The van der Waals surface area contributed by atoms with Crippen LogP contribution in [0.5, 0.6) is 0 Å². The van der Waals surface area contributed by atoms with Crippen LogP contribution in [-0.2, 0) is 4.79 Å². The van der Waals surface area contributed by atoms with E-state index in [0.717, 1.165) is 10.0 Å². The Morgan fingerprint density at radius 3 is 2.17 bits per heavy atom. The van der Waals surface area contributed by atoms with E-state index < -0.39 is 0 Å². The lowest BCUT2D eigenvalue weighted by molar-refractivity contribution is -0.122. The second kappa shape index (κ2) is 8.78. The summed E-state index contributed by atoms with van der Waals surface area (Å²) >= 11 is 3.34. The molecule has 0 aliphatic carbocycles. The first-order valence-electron chi connectivity index (χ1n) is 8.10. The molecule has 4 heteroatoms. The molecule has 0 aromatic heterocycles. The van der Waals surface area contributed by atoms with Crippen molar-refractivity contribution >= 4 is 27.6 Å². The molecule has 0 bridgehead atoms. The van der Waals surface area contributed by atoms with E-state index in [0.29, 0.717) is 5.56 Å². The van der Waals surface area contributed by atoms with E-state index in [9.17, 15) is 9.59 Å². The molecule has 0 heterocycles. The van der Waals surface area contributed by atoms with Gasteiger partial charge in [-0.3, -0.25) is 9.59 Å². The topological polar surface area (TPSA) is 46.2 Å². The molecule has 0 saturated heterocycles. The largest absolute Gasteiger partial charge is 0.349 e. The molecule has 2 aromatic carbocycles. The SMILES string of the molecule is CC(C)C(NC(=O)CCC(=O)c1ccc(Br)cc1)c1ccccc1. The zero-order valence-corrected chi connectivity index (χ0v) is 15.5. The summed E-state index contributed by atoms with van der Waals surface area (Å²) in [4.78, 5) is 24.4. The van der Waals surface area contributed by atoms with Gasteiger partial charge in [-0.05, 0) is 23.6 Å². The van der Waals surface area contributed by atoms with E-state index in [1.807, 2.05) is 42.5 Å². The highest BCUT2D eigenvalue weighted by atomic mass is 79.9. The molecular weight excluding hydrogens is 366 g/mol. The molecule has 1 unspecified atom stereocenters. The van der Waals surface area contributed by atoms with Gasteiger partial charge in [-0.15, -0.1) is 0 Å². The van der Waals surface area contributed by atoms with Crippen molar-refractivity contribution in [2.45, 2.75) is 32.7 Å². The van der Waals surface area contributed by atoms with E-state index in [1.54, 1.807) is 12.1 Å². The molecule has 0 spiro atoms. The standard InChI is InChI=1S/C20H22BrNO2/c1-14(2)20(16-6-4-3-5-7-16)22-19(24)13-12-18(23)15-8-10-17(21)11-9-15/h3-11,14,20H,12-13H2,1-2H3,(H,22,24). The van der Waals surface area contributed by atoms with Crippen LogP contribution in [0.2, 0.25) is 0 Å². The van der Waals surface area contributed by atoms with Crippen molar-refractivity contribution in [3.63, 3.8) is 0 Å². The van der Waals surface area contributed by atoms with Gasteiger partial charge in [0.1, 0.15) is 0 Å². The molecule has 0 radical (unpaired) electrons. The summed E-state index contributed by atoms with van der Waals surface area (Å²) in [5.41, 5.74) is 1.72. The summed E-state index contributed by atoms with van der Waals surface area (Å²) in [6.07, 6.45) is 0.415. The van der Waals surface area contributed by atoms with Gasteiger partial charge in [0.05, 0.1) is 6.04 Å². The minimum atomic E-state index is -0.0944. The average molecular weight is 388 g/mol. The third-order valence-electron chi connectivity index (χ3n) is 3.89. The van der Waals surface area contributed by atoms with Gasteiger partial charge >= 0.3 is 0 Å². The lowest BCUT2D eigenvalue weighted by Crippen LogP contribution is -2.31. The van der Waals surface area contributed by atoms with Gasteiger partial charge in [0.2, 0.25) is 5.91 Å². The van der Waals surface area contributed by atoms with E-state index in [1.165, 1.54) is 0 Å². The number of benzene rings is 2. The summed E-state index contributed by atoms with van der Waals surface area (Å²) < 4.78 is 0.930. The maximum Gasteiger partial charge on any atom is 0.220 e. The second-order valence-electron chi connectivity index (χ2n) is 6.13. The number of hydrogen-bond acceptors (Lipinski definition) is 2. The van der Waals surface area contributed by atoms with Crippen LogP contribution in [0.25, 0.3) is 0 Å². The van der Waals surface area contributed by atoms with Crippen molar-refractivity contribution in [2.24, 2.45) is 5.92 Å². The Bertz CT molecular complexity index is 681. The van der Waals surface area contributed by atoms with Crippen LogP contribution >= 0.6 is 15.9 Å². The van der Waals surface area contributed by atoms with Crippen LogP contribution in [0.15, 0.2) is 59.1 Å². The molecule has 3 nitrogen and oxygen atoms in total. The Morgan fingerprint density at radius 2 is 1.58 bits per heavy atom. The van der Waals surface area contributed by atoms with Crippen molar-refractivity contribution in [1.82, 2.24) is 5.32 Å². The van der Waals surface area contributed by atoms with Crippen molar-refractivity contribution in [1.29, 1.82) is 0 Å². The van der Waals surface area contributed by atoms with E-state index in [2.05, 4.69) is 35.1 Å². The molecule has 0 aliphatic rings. The molecule has 24 heavy (non-hydrogen) atoms. The predicted octanol–water partition coefficient (Wildman–Crippen LogP) is 4.93. The Labute approximate surface area is 151 Å². The number of halogens is 1. The fourth-order valence-corrected chi connectivity index (χ4v) is 2.81. The number of rotatable bonds is 7. The predicted molar refractivity (Wildman–Crippen MR) is 99.9 cm³/mol. The molecule has 0 aliphatic heterocycles. The molecule has 126 valence electrons. The third-order valence-corrected chi connectivity index (χ3v) is 4.42. The first kappa shape index (κ1) is 18.4. The van der Waals surface area contributed by atoms with Gasteiger partial charge in [0.15, 0.2) is 5.78 Å². The molecule has 2 rings (SSSR count). The summed E-state index contributed by atoms with van der Waals surface area (Å²) in [6, 6.07) is 17.1. The lowest BCUT2D eigenvalue weighted by Gasteiger charge is -2.23. The van der Waals surface area contributed by atoms with E-state index in [4.69, 9.17) is 0 Å². The van der Waals surface area contributed by atoms with Crippen molar-refractivity contribution in [3.05, 3.63) is 70.2 Å². The number of carbonyl (C=O) groups excluding carboxylic acids is 2. The number of ketones is 1. The first-order valence-corrected chi connectivity index (χ1v) is 8.89. The zero-order chi connectivity index (χ0) is 17.5. The monoisotopic (exact) mass is 387 g/mol. The summed E-state index contributed by atoms with van der Waals surface area (Å²) in [5, 5.41) is 3.05. The zero-order valence-electron chi connectivity index (χ0n) is 14.0. The third kappa shape index (κ3) is 5.31. The smallest absolute Gasteiger partial charge is 0.220 e. The maximum atomic E-state index is 12.3. The molecule has 0 saturated carbocycles. The van der Waals surface area contributed by atoms with Gasteiger partial charge in [-0.2, -0.15) is 0 Å². The van der Waals surface area contributed by atoms with Crippen LogP contribution in [0.4, 0.5) is 0 Å². The van der Waals surface area contributed by atoms with E-state index >= 15 is 0 Å². The van der Waals surface area contributed by atoms with Crippen LogP contribution in [-0.4, -0.2) is 11.7 Å². The summed E-state index contributed by atoms with van der Waals surface area (Å²) in [7, 11) is 0. The highest BCUT2D eigenvalue weighted by Gasteiger charge is 2.18. The molecule has 1 amide bonds. The Kier molecular flexibility index (Phi) is 6.73. The van der Waals surface area contributed by atoms with Crippen LogP contribution in [0.1, 0.15) is 48.7 Å². The lowest BCUT2D eigenvalue weighted by atomic mass is 9.95. The fraction of sp³-hybridized carbons (Fsp3) is 0.300. The van der Waals surface area contributed by atoms with Gasteiger partial charge in [0.25, 0.3) is 0 Å². The highest BCUT2D eigenvalue weighted by molar-refractivity contribution is 9.10. The van der Waals surface area contributed by atoms with Gasteiger partial charge in [0, 0.05) is 22.9 Å². The van der Waals surface area contributed by atoms with Gasteiger partial charge in [-0.1, -0.05) is 72.2 Å². The first-order chi connectivity index (χ1) is 11.5. The number of hydrogen-bond donors (Lipinski definition) is 1. The van der Waals surface area contributed by atoms with Crippen LogP contribution in [0.3, 0.4) is 0 Å². The number of carbonyl (C=O) groups is 2. The fourth-order valence-electron chi connectivity index (χ4n) is 2.55. The minimum Gasteiger partial charge on any atom is -0.349 e. The molecule has 1 N–H and O–H groups in total. The number of Topliss-reactive ketones (excluding diaryl/α,β-unsaturated/α-hetero) is 1. The Morgan fingerprint density at radius 1 is 0.958 bits per heavy atom. The number of amides is 1. The highest BCUT2D eigenvalue weighted by Crippen LogP contribution is 2.21. The quantitative estimate of drug-likeness (QED) is 0.684. The summed E-state index contributed by atoms with van der Waals surface area (Å²) in [5.74, 6) is 0.167. The van der Waals surface area contributed by atoms with Crippen LogP contribution < -0.4 is 5.32 Å². The van der Waals surface area contributed by atoms with Crippen LogP contribution in [0, 0.1) is 5.92 Å². The minimum absolute atomic E-state index is 0.0153. The second-order valence-corrected chi connectivity index (χ2v) is 7.05. The number of nitrogens with one attached hydrogen (secondary N) is 1. The average Bonchev–Trinajstić information content (AvgIpc) is 2.58. The Balaban J connectivity index is 1.92. The van der Waals surface area contributed by atoms with Crippen molar-refractivity contribution in [3.8, 4) is 0 Å². The van der Waals surface area contributed by atoms with Crippen molar-refractivity contribution < 1.29 is 9.59 Å². The van der Waals surface area contributed by atoms with Gasteiger partial charge < -0.3 is 5.32 Å². The van der Waals surface area contributed by atoms with E-state index in [-0.39, 0.29) is 36.5 Å². The summed E-state index contributed by atoms with van der Waals surface area (Å²) in [6.45, 7) is 4.15. The Hall–Kier alpha value is -1.94. The molecule has 0 fully saturated rings. The molecule has 2 aromatic rings. The van der Waals surface area contributed by atoms with Crippen molar-refractivity contribution in [2.75, 3.05) is 0 Å². The maximum absolute atomic E-state index is 12.3. The molecular formula is C20H22BrNO2. The normalized spacial score (nSPS) is 12.0. The van der Waals surface area contributed by atoms with Gasteiger partial charge in [-0.25, -0.2) is 0 Å². The molecule has 1 atom stereocenters.